The molecule has 23 heavy (non-hydrogen) atoms. The first-order chi connectivity index (χ1) is 10.6. The number of ether oxygens (including phenoxy) is 1. The molecule has 0 saturated carbocycles. The molecule has 1 amide bonds. The minimum atomic E-state index is -1.10. The number of carbonyl (C=O) groups is 1. The van der Waals surface area contributed by atoms with Crippen LogP contribution in [0.1, 0.15) is 51.9 Å². The van der Waals surface area contributed by atoms with Gasteiger partial charge in [0.2, 0.25) is 0 Å². The highest BCUT2D eigenvalue weighted by molar-refractivity contribution is 6.31. The Labute approximate surface area is 142 Å². The van der Waals surface area contributed by atoms with E-state index in [2.05, 4.69) is 4.98 Å². The van der Waals surface area contributed by atoms with E-state index in [1.807, 2.05) is 33.8 Å². The molecule has 0 atom stereocenters. The molecule has 2 heterocycles. The van der Waals surface area contributed by atoms with Gasteiger partial charge in [0.05, 0.1) is 10.7 Å². The summed E-state index contributed by atoms with van der Waals surface area (Å²) in [6.45, 7) is 8.36. The number of rotatable bonds is 2. The summed E-state index contributed by atoms with van der Waals surface area (Å²) in [6.07, 6.45) is 1.23. The van der Waals surface area contributed by atoms with Crippen LogP contribution in [0.15, 0.2) is 12.1 Å². The van der Waals surface area contributed by atoms with Gasteiger partial charge in [-0.1, -0.05) is 18.5 Å². The molecular formula is C17H25ClN2O3. The normalized spacial score (nSPS) is 17.9. The molecule has 0 spiro atoms. The zero-order chi connectivity index (χ0) is 17.3. The second-order valence-electron chi connectivity index (χ2n) is 6.99. The number of hydrogen-bond acceptors (Lipinski definition) is 4. The number of aliphatic hydroxyl groups is 1. The van der Waals surface area contributed by atoms with Crippen LogP contribution in [-0.4, -0.2) is 39.8 Å². The van der Waals surface area contributed by atoms with Gasteiger partial charge in [0.1, 0.15) is 11.2 Å². The Hall–Kier alpha value is -1.33. The summed E-state index contributed by atoms with van der Waals surface area (Å²) >= 11 is 6.23. The zero-order valence-electron chi connectivity index (χ0n) is 14.2. The number of aromatic nitrogens is 1. The lowest BCUT2D eigenvalue weighted by atomic mass is 9.87. The fourth-order valence-corrected chi connectivity index (χ4v) is 2.91. The largest absolute Gasteiger partial charge is 0.444 e. The molecule has 0 bridgehead atoms. The lowest BCUT2D eigenvalue weighted by Gasteiger charge is -2.38. The maximum Gasteiger partial charge on any atom is 0.410 e. The van der Waals surface area contributed by atoms with Crippen molar-refractivity contribution in [3.8, 4) is 0 Å². The maximum absolute atomic E-state index is 12.1. The first-order valence-electron chi connectivity index (χ1n) is 8.01. The number of aryl methyl sites for hydroxylation is 1. The monoisotopic (exact) mass is 340 g/mol. The SMILES string of the molecule is CCc1ccc(Cl)c(C2(O)CCN(C(=O)OC(C)(C)C)CC2)n1. The van der Waals surface area contributed by atoms with Gasteiger partial charge in [-0.2, -0.15) is 0 Å². The third-order valence-corrected chi connectivity index (χ3v) is 4.25. The second-order valence-corrected chi connectivity index (χ2v) is 7.39. The molecule has 1 aliphatic rings. The molecular weight excluding hydrogens is 316 g/mol. The Kier molecular flexibility index (Phi) is 5.21. The van der Waals surface area contributed by atoms with Gasteiger partial charge >= 0.3 is 6.09 Å². The molecule has 1 fully saturated rings. The lowest BCUT2D eigenvalue weighted by molar-refractivity contribution is -0.0381. The number of hydrogen-bond donors (Lipinski definition) is 1. The molecule has 0 aliphatic carbocycles. The van der Waals surface area contributed by atoms with Crippen LogP contribution in [0, 0.1) is 0 Å². The third kappa shape index (κ3) is 4.36. The van der Waals surface area contributed by atoms with Crippen LogP contribution in [0.4, 0.5) is 4.79 Å². The molecule has 128 valence electrons. The van der Waals surface area contributed by atoms with E-state index in [1.54, 1.807) is 11.0 Å². The molecule has 2 rings (SSSR count). The summed E-state index contributed by atoms with van der Waals surface area (Å²) < 4.78 is 5.37. The molecule has 0 aromatic carbocycles. The predicted octanol–water partition coefficient (Wildman–Crippen LogP) is 3.52. The van der Waals surface area contributed by atoms with Crippen LogP contribution >= 0.6 is 11.6 Å². The van der Waals surface area contributed by atoms with Crippen molar-refractivity contribution < 1.29 is 14.6 Å². The lowest BCUT2D eigenvalue weighted by Crippen LogP contribution is -2.47. The van der Waals surface area contributed by atoms with Gasteiger partial charge in [-0.15, -0.1) is 0 Å². The smallest absolute Gasteiger partial charge is 0.410 e. The minimum Gasteiger partial charge on any atom is -0.444 e. The van der Waals surface area contributed by atoms with E-state index in [1.165, 1.54) is 0 Å². The number of carbonyl (C=O) groups excluding carboxylic acids is 1. The van der Waals surface area contributed by atoms with E-state index in [-0.39, 0.29) is 6.09 Å². The van der Waals surface area contributed by atoms with Gasteiger partial charge in [0, 0.05) is 18.8 Å². The van der Waals surface area contributed by atoms with E-state index in [0.717, 1.165) is 12.1 Å². The number of nitrogens with zero attached hydrogens (tertiary/aromatic N) is 2. The molecule has 1 N–H and O–H groups in total. The topological polar surface area (TPSA) is 62.7 Å². The standard InChI is InChI=1S/C17H25ClN2O3/c1-5-12-6-7-13(18)14(19-12)17(22)8-10-20(11-9-17)15(21)23-16(2,3)4/h6-7,22H,5,8-11H2,1-4H3. The van der Waals surface area contributed by atoms with E-state index in [9.17, 15) is 9.90 Å². The van der Waals surface area contributed by atoms with Gasteiger partial charge in [-0.3, -0.25) is 4.98 Å². The first-order valence-corrected chi connectivity index (χ1v) is 8.38. The van der Waals surface area contributed by atoms with Crippen molar-refractivity contribution in [2.75, 3.05) is 13.1 Å². The van der Waals surface area contributed by atoms with Gasteiger partial charge in [-0.05, 0) is 52.2 Å². The van der Waals surface area contributed by atoms with Crippen molar-refractivity contribution in [1.82, 2.24) is 9.88 Å². The summed E-state index contributed by atoms with van der Waals surface area (Å²) in [5, 5.41) is 11.4. The van der Waals surface area contributed by atoms with E-state index < -0.39 is 11.2 Å². The van der Waals surface area contributed by atoms with Crippen molar-refractivity contribution in [3.63, 3.8) is 0 Å². The van der Waals surface area contributed by atoms with Gasteiger partial charge in [-0.25, -0.2) is 4.79 Å². The number of halogens is 1. The highest BCUT2D eigenvalue weighted by Crippen LogP contribution is 2.36. The van der Waals surface area contributed by atoms with E-state index in [4.69, 9.17) is 16.3 Å². The molecule has 1 saturated heterocycles. The number of amides is 1. The van der Waals surface area contributed by atoms with Gasteiger partial charge < -0.3 is 14.7 Å². The molecule has 1 aliphatic heterocycles. The van der Waals surface area contributed by atoms with Gasteiger partial charge in [0.25, 0.3) is 0 Å². The molecule has 0 unspecified atom stereocenters. The number of piperidine rings is 1. The Morgan fingerprint density at radius 1 is 1.39 bits per heavy atom. The Morgan fingerprint density at radius 3 is 2.52 bits per heavy atom. The summed E-state index contributed by atoms with van der Waals surface area (Å²) in [5.74, 6) is 0. The van der Waals surface area contributed by atoms with Gasteiger partial charge in [0.15, 0.2) is 0 Å². The molecule has 5 nitrogen and oxygen atoms in total. The predicted molar refractivity (Wildman–Crippen MR) is 89.6 cm³/mol. The van der Waals surface area contributed by atoms with Crippen LogP contribution in [-0.2, 0) is 16.8 Å². The van der Waals surface area contributed by atoms with Crippen molar-refractivity contribution in [2.45, 2.75) is 58.2 Å². The number of pyridine rings is 1. The highest BCUT2D eigenvalue weighted by Gasteiger charge is 2.39. The third-order valence-electron chi connectivity index (χ3n) is 3.95. The van der Waals surface area contributed by atoms with Crippen molar-refractivity contribution >= 4 is 17.7 Å². The maximum atomic E-state index is 12.1. The van der Waals surface area contributed by atoms with Crippen molar-refractivity contribution in [1.29, 1.82) is 0 Å². The van der Waals surface area contributed by atoms with Crippen LogP contribution in [0.5, 0.6) is 0 Å². The van der Waals surface area contributed by atoms with E-state index >= 15 is 0 Å². The van der Waals surface area contributed by atoms with Crippen molar-refractivity contribution in [2.24, 2.45) is 0 Å². The number of likely N-dealkylation sites (tertiary alicyclic amines) is 1. The first kappa shape index (κ1) is 18.0. The minimum absolute atomic E-state index is 0.346. The fourth-order valence-electron chi connectivity index (χ4n) is 2.63. The van der Waals surface area contributed by atoms with Crippen molar-refractivity contribution in [3.05, 3.63) is 28.5 Å². The molecule has 1 aromatic rings. The average molecular weight is 341 g/mol. The summed E-state index contributed by atoms with van der Waals surface area (Å²) in [7, 11) is 0. The molecule has 6 heteroatoms. The Morgan fingerprint density at radius 2 is 2.00 bits per heavy atom. The van der Waals surface area contributed by atoms with Crippen LogP contribution in [0.25, 0.3) is 0 Å². The molecule has 0 radical (unpaired) electrons. The molecule has 1 aromatic heterocycles. The summed E-state index contributed by atoms with van der Waals surface area (Å²) in [4.78, 5) is 18.2. The summed E-state index contributed by atoms with van der Waals surface area (Å²) in [5.41, 5.74) is -0.207. The second kappa shape index (κ2) is 6.65. The Bertz CT molecular complexity index is 576. The van der Waals surface area contributed by atoms with E-state index in [0.29, 0.717) is 36.6 Å². The quantitative estimate of drug-likeness (QED) is 0.894. The average Bonchev–Trinajstić information content (AvgIpc) is 2.46. The van der Waals surface area contributed by atoms with Crippen LogP contribution < -0.4 is 0 Å². The fraction of sp³-hybridized carbons (Fsp3) is 0.647. The Balaban J connectivity index is 2.09. The zero-order valence-corrected chi connectivity index (χ0v) is 15.0. The highest BCUT2D eigenvalue weighted by atomic mass is 35.5. The van der Waals surface area contributed by atoms with Crippen LogP contribution in [0.3, 0.4) is 0 Å². The van der Waals surface area contributed by atoms with Crippen LogP contribution in [0.2, 0.25) is 5.02 Å². The summed E-state index contributed by atoms with van der Waals surface area (Å²) in [6, 6.07) is 3.64.